The zero-order chi connectivity index (χ0) is 17.3. The van der Waals surface area contributed by atoms with Crippen molar-refractivity contribution in [2.24, 2.45) is 0 Å². The quantitative estimate of drug-likeness (QED) is 0.900. The number of halogens is 2. The van der Waals surface area contributed by atoms with E-state index in [2.05, 4.69) is 15.6 Å². The van der Waals surface area contributed by atoms with Crippen LogP contribution in [0, 0.1) is 0 Å². The summed E-state index contributed by atoms with van der Waals surface area (Å²) in [6.45, 7) is 1.15. The van der Waals surface area contributed by atoms with Gasteiger partial charge in [0.2, 0.25) is 0 Å². The zero-order valence-corrected chi connectivity index (χ0v) is 13.3. The third kappa shape index (κ3) is 3.32. The minimum atomic E-state index is -2.69. The molecule has 6 nitrogen and oxygen atoms in total. The van der Waals surface area contributed by atoms with Crippen molar-refractivity contribution < 1.29 is 18.3 Å². The predicted molar refractivity (Wildman–Crippen MR) is 84.2 cm³/mol. The van der Waals surface area contributed by atoms with Crippen molar-refractivity contribution in [3.05, 3.63) is 42.0 Å². The second-order valence-electron chi connectivity index (χ2n) is 6.17. The number of benzene rings is 1. The number of carbonyl (C=O) groups excluding carboxylic acids is 1. The molecule has 1 aliphatic heterocycles. The molecule has 0 bridgehead atoms. The average Bonchev–Trinajstić information content (AvgIpc) is 3.08. The Bertz CT molecular complexity index is 758. The third-order valence-electron chi connectivity index (χ3n) is 3.71. The molecule has 0 atom stereocenters. The number of hydrogen-bond donors (Lipinski definition) is 2. The van der Waals surface area contributed by atoms with Crippen molar-refractivity contribution in [2.75, 3.05) is 5.32 Å². The molecular formula is C16H18F2N4O2. The number of rotatable bonds is 4. The van der Waals surface area contributed by atoms with Gasteiger partial charge < -0.3 is 15.4 Å². The van der Waals surface area contributed by atoms with E-state index in [0.29, 0.717) is 16.0 Å². The van der Waals surface area contributed by atoms with E-state index >= 15 is 0 Å². The SMILES string of the molecule is CC1(C)Cc2cccc(NC(=O)NCc3nccn3C(F)F)c2O1. The summed E-state index contributed by atoms with van der Waals surface area (Å²) in [5.41, 5.74) is 1.25. The van der Waals surface area contributed by atoms with Crippen LogP contribution >= 0.6 is 0 Å². The first kappa shape index (κ1) is 16.2. The summed E-state index contributed by atoms with van der Waals surface area (Å²) in [5.74, 6) is 0.725. The standard InChI is InChI=1S/C16H18F2N4O2/c1-16(2)8-10-4-3-5-11(13(10)24-16)21-15(23)20-9-12-19-6-7-22(12)14(17)18/h3-7,14H,8-9H2,1-2H3,(H2,20,21,23). The van der Waals surface area contributed by atoms with Crippen LogP contribution in [0.15, 0.2) is 30.6 Å². The number of nitrogens with zero attached hydrogens (tertiary/aromatic N) is 2. The molecule has 2 aromatic rings. The molecule has 0 saturated carbocycles. The number of para-hydroxylation sites is 1. The highest BCUT2D eigenvalue weighted by Gasteiger charge is 2.32. The van der Waals surface area contributed by atoms with Crippen LogP contribution in [0.4, 0.5) is 19.3 Å². The average molecular weight is 336 g/mol. The van der Waals surface area contributed by atoms with Crippen LogP contribution in [0.2, 0.25) is 0 Å². The van der Waals surface area contributed by atoms with Gasteiger partial charge >= 0.3 is 12.6 Å². The molecule has 2 N–H and O–H groups in total. The highest BCUT2D eigenvalue weighted by atomic mass is 19.3. The number of alkyl halides is 2. The summed E-state index contributed by atoms with van der Waals surface area (Å²) < 4.78 is 32.0. The van der Waals surface area contributed by atoms with E-state index in [1.165, 1.54) is 12.4 Å². The number of hydrogen-bond acceptors (Lipinski definition) is 3. The summed E-state index contributed by atoms with van der Waals surface area (Å²) in [6, 6.07) is 5.01. The van der Waals surface area contributed by atoms with Gasteiger partial charge in [-0.1, -0.05) is 12.1 Å². The first-order valence-electron chi connectivity index (χ1n) is 7.51. The maximum atomic E-state index is 12.7. The fourth-order valence-corrected chi connectivity index (χ4v) is 2.70. The molecule has 128 valence electrons. The molecule has 2 heterocycles. The molecular weight excluding hydrogens is 318 g/mol. The highest BCUT2D eigenvalue weighted by molar-refractivity contribution is 5.91. The van der Waals surface area contributed by atoms with Gasteiger partial charge in [-0.25, -0.2) is 9.78 Å². The van der Waals surface area contributed by atoms with Crippen molar-refractivity contribution in [2.45, 2.75) is 39.0 Å². The Balaban J connectivity index is 1.65. The second kappa shape index (κ2) is 6.10. The number of fused-ring (bicyclic) bond motifs is 1. The van der Waals surface area contributed by atoms with Gasteiger partial charge in [-0.3, -0.25) is 4.57 Å². The Morgan fingerprint density at radius 1 is 1.46 bits per heavy atom. The number of urea groups is 1. The number of amides is 2. The number of ether oxygens (including phenoxy) is 1. The predicted octanol–water partition coefficient (Wildman–Crippen LogP) is 3.31. The number of anilines is 1. The van der Waals surface area contributed by atoms with Crippen LogP contribution in [0.25, 0.3) is 0 Å². The largest absolute Gasteiger partial charge is 0.485 e. The fourth-order valence-electron chi connectivity index (χ4n) is 2.70. The van der Waals surface area contributed by atoms with Crippen LogP contribution in [0.3, 0.4) is 0 Å². The lowest BCUT2D eigenvalue weighted by Gasteiger charge is -2.18. The summed E-state index contributed by atoms with van der Waals surface area (Å²) in [4.78, 5) is 15.9. The van der Waals surface area contributed by atoms with Gasteiger partial charge in [0.1, 0.15) is 17.2 Å². The molecule has 0 saturated heterocycles. The van der Waals surface area contributed by atoms with Crippen LogP contribution in [0.5, 0.6) is 5.75 Å². The molecule has 1 aliphatic rings. The van der Waals surface area contributed by atoms with E-state index in [1.54, 1.807) is 6.07 Å². The van der Waals surface area contributed by atoms with Crippen LogP contribution in [0.1, 0.15) is 31.8 Å². The van der Waals surface area contributed by atoms with Crippen molar-refractivity contribution in [3.8, 4) is 5.75 Å². The highest BCUT2D eigenvalue weighted by Crippen LogP contribution is 2.40. The van der Waals surface area contributed by atoms with Crippen LogP contribution in [-0.2, 0) is 13.0 Å². The molecule has 0 spiro atoms. The van der Waals surface area contributed by atoms with E-state index in [1.807, 2.05) is 26.0 Å². The van der Waals surface area contributed by atoms with Crippen LogP contribution in [-0.4, -0.2) is 21.2 Å². The maximum absolute atomic E-state index is 12.7. The minimum absolute atomic E-state index is 0.0795. The van der Waals surface area contributed by atoms with E-state index in [9.17, 15) is 13.6 Å². The summed E-state index contributed by atoms with van der Waals surface area (Å²) in [5, 5.41) is 5.21. The zero-order valence-electron chi connectivity index (χ0n) is 13.3. The second-order valence-corrected chi connectivity index (χ2v) is 6.17. The smallest absolute Gasteiger partial charge is 0.319 e. The normalized spacial score (nSPS) is 15.0. The Morgan fingerprint density at radius 2 is 2.25 bits per heavy atom. The van der Waals surface area contributed by atoms with Crippen molar-refractivity contribution >= 4 is 11.7 Å². The van der Waals surface area contributed by atoms with Crippen LogP contribution < -0.4 is 15.4 Å². The number of nitrogens with one attached hydrogen (secondary N) is 2. The van der Waals surface area contributed by atoms with Gasteiger partial charge in [0, 0.05) is 24.4 Å². The molecule has 0 unspecified atom stereocenters. The monoisotopic (exact) mass is 336 g/mol. The first-order valence-corrected chi connectivity index (χ1v) is 7.51. The minimum Gasteiger partial charge on any atom is -0.485 e. The first-order chi connectivity index (χ1) is 11.4. The third-order valence-corrected chi connectivity index (χ3v) is 3.71. The molecule has 8 heteroatoms. The van der Waals surface area contributed by atoms with E-state index in [-0.39, 0.29) is 18.0 Å². The Hall–Kier alpha value is -2.64. The summed E-state index contributed by atoms with van der Waals surface area (Å²) >= 11 is 0. The Morgan fingerprint density at radius 3 is 3.00 bits per heavy atom. The van der Waals surface area contributed by atoms with Crippen molar-refractivity contribution in [1.29, 1.82) is 0 Å². The lowest BCUT2D eigenvalue weighted by atomic mass is 10.0. The lowest BCUT2D eigenvalue weighted by Crippen LogP contribution is -2.30. The lowest BCUT2D eigenvalue weighted by molar-refractivity contribution is 0.0667. The van der Waals surface area contributed by atoms with Gasteiger partial charge in [0.25, 0.3) is 0 Å². The topological polar surface area (TPSA) is 68.2 Å². The van der Waals surface area contributed by atoms with Gasteiger partial charge in [0.15, 0.2) is 0 Å². The molecule has 0 fully saturated rings. The van der Waals surface area contributed by atoms with E-state index in [4.69, 9.17) is 4.74 Å². The molecule has 0 aliphatic carbocycles. The Kier molecular flexibility index (Phi) is 4.13. The van der Waals surface area contributed by atoms with Crippen molar-refractivity contribution in [3.63, 3.8) is 0 Å². The van der Waals surface area contributed by atoms with E-state index < -0.39 is 12.6 Å². The molecule has 3 rings (SSSR count). The fraction of sp³-hybridized carbons (Fsp3) is 0.375. The Labute approximate surface area is 137 Å². The molecule has 24 heavy (non-hydrogen) atoms. The maximum Gasteiger partial charge on any atom is 0.319 e. The molecule has 0 radical (unpaired) electrons. The van der Waals surface area contributed by atoms with Gasteiger partial charge in [-0.05, 0) is 19.9 Å². The summed E-state index contributed by atoms with van der Waals surface area (Å²) in [7, 11) is 0. The van der Waals surface area contributed by atoms with Gasteiger partial charge in [-0.2, -0.15) is 8.78 Å². The van der Waals surface area contributed by atoms with E-state index in [0.717, 1.165) is 12.0 Å². The number of carbonyl (C=O) groups is 1. The number of aromatic nitrogens is 2. The molecule has 1 aromatic heterocycles. The molecule has 2 amide bonds. The summed E-state index contributed by atoms with van der Waals surface area (Å²) in [6.07, 6.45) is 3.19. The van der Waals surface area contributed by atoms with Gasteiger partial charge in [0.05, 0.1) is 12.2 Å². The molecule has 1 aromatic carbocycles. The van der Waals surface area contributed by atoms with Crippen molar-refractivity contribution in [1.82, 2.24) is 14.9 Å². The number of imidazole rings is 1. The van der Waals surface area contributed by atoms with Gasteiger partial charge in [-0.15, -0.1) is 0 Å².